The molecule has 2 heterocycles. The van der Waals surface area contributed by atoms with Gasteiger partial charge in [-0.15, -0.1) is 0 Å². The topological polar surface area (TPSA) is 30.2 Å². The summed E-state index contributed by atoms with van der Waals surface area (Å²) in [6, 6.07) is 9.22. The Balaban J connectivity index is 2.04. The number of nitrogens with zero attached hydrogens (tertiary/aromatic N) is 3. The van der Waals surface area contributed by atoms with Crippen LogP contribution in [0.1, 0.15) is 11.4 Å². The van der Waals surface area contributed by atoms with Crippen LogP contribution >= 0.6 is 34.8 Å². The molecular formula is C13H8Cl3N3. The number of benzene rings is 1. The predicted octanol–water partition coefficient (Wildman–Crippen LogP) is 4.28. The fraction of sp³-hybridized carbons (Fsp3) is 0.0769. The van der Waals surface area contributed by atoms with Crippen LogP contribution < -0.4 is 0 Å². The molecule has 3 aromatic rings. The summed E-state index contributed by atoms with van der Waals surface area (Å²) in [6.07, 6.45) is 2.30. The highest BCUT2D eigenvalue weighted by molar-refractivity contribution is 6.33. The molecule has 0 fully saturated rings. The maximum Gasteiger partial charge on any atom is 0.159 e. The first-order chi connectivity index (χ1) is 9.13. The van der Waals surface area contributed by atoms with Gasteiger partial charge in [0.25, 0.3) is 0 Å². The third kappa shape index (κ3) is 2.54. The highest BCUT2D eigenvalue weighted by Gasteiger charge is 2.10. The number of imidazole rings is 1. The molecule has 0 unspecified atom stereocenters. The maximum absolute atomic E-state index is 6.18. The van der Waals surface area contributed by atoms with Crippen molar-refractivity contribution in [2.75, 3.05) is 0 Å². The molecule has 0 spiro atoms. The average molecular weight is 313 g/mol. The van der Waals surface area contributed by atoms with Crippen molar-refractivity contribution in [2.24, 2.45) is 0 Å². The molecule has 0 aliphatic heterocycles. The molecule has 3 rings (SSSR count). The highest BCUT2D eigenvalue weighted by atomic mass is 35.5. The Kier molecular flexibility index (Phi) is 3.35. The summed E-state index contributed by atoms with van der Waals surface area (Å²) >= 11 is 17.9. The molecule has 0 atom stereocenters. The van der Waals surface area contributed by atoms with E-state index in [1.807, 2.05) is 24.3 Å². The van der Waals surface area contributed by atoms with Crippen molar-refractivity contribution in [3.05, 3.63) is 63.2 Å². The Morgan fingerprint density at radius 3 is 2.53 bits per heavy atom. The van der Waals surface area contributed by atoms with Crippen molar-refractivity contribution >= 4 is 40.4 Å². The molecule has 0 N–H and O–H groups in total. The van der Waals surface area contributed by atoms with E-state index in [4.69, 9.17) is 34.8 Å². The lowest BCUT2D eigenvalue weighted by Gasteiger charge is -2.04. The number of halogens is 3. The fourth-order valence-corrected chi connectivity index (χ4v) is 2.56. The van der Waals surface area contributed by atoms with Crippen molar-refractivity contribution in [2.45, 2.75) is 6.42 Å². The normalized spacial score (nSPS) is 11.1. The molecule has 1 aromatic carbocycles. The minimum Gasteiger partial charge on any atom is -0.270 e. The van der Waals surface area contributed by atoms with Crippen LogP contribution in [-0.4, -0.2) is 14.4 Å². The molecule has 2 aromatic heterocycles. The number of fused-ring (bicyclic) bond motifs is 1. The molecule has 6 heteroatoms. The summed E-state index contributed by atoms with van der Waals surface area (Å²) in [7, 11) is 0. The van der Waals surface area contributed by atoms with Crippen LogP contribution in [0.5, 0.6) is 0 Å². The zero-order valence-corrected chi connectivity index (χ0v) is 11.9. The average Bonchev–Trinajstić information content (AvgIpc) is 2.75. The van der Waals surface area contributed by atoms with Crippen LogP contribution in [0, 0.1) is 0 Å². The van der Waals surface area contributed by atoms with Gasteiger partial charge >= 0.3 is 0 Å². The zero-order chi connectivity index (χ0) is 13.4. The van der Waals surface area contributed by atoms with Crippen LogP contribution in [0.25, 0.3) is 5.65 Å². The molecule has 0 saturated carbocycles. The molecule has 0 amide bonds. The van der Waals surface area contributed by atoms with Gasteiger partial charge in [-0.05, 0) is 17.7 Å². The third-order valence-electron chi connectivity index (χ3n) is 2.76. The first kappa shape index (κ1) is 12.7. The second-order valence-corrected chi connectivity index (χ2v) is 5.28. The van der Waals surface area contributed by atoms with Gasteiger partial charge in [-0.2, -0.15) is 0 Å². The van der Waals surface area contributed by atoms with Crippen molar-refractivity contribution in [3.63, 3.8) is 0 Å². The number of rotatable bonds is 2. The van der Waals surface area contributed by atoms with E-state index in [1.54, 1.807) is 16.7 Å². The van der Waals surface area contributed by atoms with Gasteiger partial charge in [-0.3, -0.25) is 4.40 Å². The van der Waals surface area contributed by atoms with Crippen molar-refractivity contribution < 1.29 is 0 Å². The summed E-state index contributed by atoms with van der Waals surface area (Å²) in [6.45, 7) is 0. The lowest BCUT2D eigenvalue weighted by molar-refractivity contribution is 0.952. The van der Waals surface area contributed by atoms with Gasteiger partial charge in [-0.25, -0.2) is 9.97 Å². The molecule has 0 aliphatic rings. The SMILES string of the molecule is Clc1ccc(Cc2ncc3nc(Cl)cc(Cl)n23)cc1. The zero-order valence-electron chi connectivity index (χ0n) is 9.65. The van der Waals surface area contributed by atoms with Crippen LogP contribution in [0.2, 0.25) is 15.3 Å². The number of hydrogen-bond donors (Lipinski definition) is 0. The predicted molar refractivity (Wildman–Crippen MR) is 77.3 cm³/mol. The van der Waals surface area contributed by atoms with Crippen LogP contribution in [0.3, 0.4) is 0 Å². The Morgan fingerprint density at radius 2 is 1.79 bits per heavy atom. The van der Waals surface area contributed by atoms with Crippen molar-refractivity contribution in [3.8, 4) is 0 Å². The largest absolute Gasteiger partial charge is 0.270 e. The number of hydrogen-bond acceptors (Lipinski definition) is 2. The van der Waals surface area contributed by atoms with Crippen LogP contribution in [0.15, 0.2) is 36.5 Å². The molecule has 96 valence electrons. The van der Waals surface area contributed by atoms with Gasteiger partial charge in [0.15, 0.2) is 5.65 Å². The second-order valence-electron chi connectivity index (χ2n) is 4.07. The molecule has 3 nitrogen and oxygen atoms in total. The van der Waals surface area contributed by atoms with Gasteiger partial charge in [0.2, 0.25) is 0 Å². The Morgan fingerprint density at radius 1 is 1.05 bits per heavy atom. The van der Waals surface area contributed by atoms with Crippen LogP contribution in [-0.2, 0) is 6.42 Å². The van der Waals surface area contributed by atoms with Gasteiger partial charge in [0.1, 0.15) is 16.1 Å². The van der Waals surface area contributed by atoms with Gasteiger partial charge in [-0.1, -0.05) is 46.9 Å². The van der Waals surface area contributed by atoms with Crippen molar-refractivity contribution in [1.29, 1.82) is 0 Å². The van der Waals surface area contributed by atoms with Gasteiger partial charge < -0.3 is 0 Å². The molecule has 0 saturated heterocycles. The van der Waals surface area contributed by atoms with E-state index in [2.05, 4.69) is 9.97 Å². The summed E-state index contributed by atoms with van der Waals surface area (Å²) in [4.78, 5) is 8.51. The second kappa shape index (κ2) is 5.00. The van der Waals surface area contributed by atoms with E-state index >= 15 is 0 Å². The third-order valence-corrected chi connectivity index (χ3v) is 3.49. The highest BCUT2D eigenvalue weighted by Crippen LogP contribution is 2.20. The summed E-state index contributed by atoms with van der Waals surface area (Å²) in [5.41, 5.74) is 1.74. The molecular weight excluding hydrogens is 305 g/mol. The number of aromatic nitrogens is 3. The van der Waals surface area contributed by atoms with E-state index in [0.717, 1.165) is 11.4 Å². The van der Waals surface area contributed by atoms with E-state index in [1.165, 1.54) is 0 Å². The quantitative estimate of drug-likeness (QED) is 0.661. The summed E-state index contributed by atoms with van der Waals surface area (Å²) < 4.78 is 1.78. The monoisotopic (exact) mass is 311 g/mol. The summed E-state index contributed by atoms with van der Waals surface area (Å²) in [5.74, 6) is 0.812. The van der Waals surface area contributed by atoms with E-state index < -0.39 is 0 Å². The standard InChI is InChI=1S/C13H8Cl3N3/c14-9-3-1-8(2-4-9)5-12-17-7-13-18-10(15)6-11(16)19(12)13/h1-4,6-7H,5H2. The van der Waals surface area contributed by atoms with Crippen molar-refractivity contribution in [1.82, 2.24) is 14.4 Å². The van der Waals surface area contributed by atoms with Gasteiger partial charge in [0, 0.05) is 17.5 Å². The Bertz CT molecular complexity index is 735. The summed E-state index contributed by atoms with van der Waals surface area (Å²) in [5, 5.41) is 1.56. The molecule has 0 bridgehead atoms. The first-order valence-electron chi connectivity index (χ1n) is 5.56. The lowest BCUT2D eigenvalue weighted by Crippen LogP contribution is -1.99. The van der Waals surface area contributed by atoms with E-state index in [-0.39, 0.29) is 0 Å². The molecule has 19 heavy (non-hydrogen) atoms. The Hall–Kier alpha value is -1.29. The maximum atomic E-state index is 6.18. The molecule has 0 aliphatic carbocycles. The first-order valence-corrected chi connectivity index (χ1v) is 6.70. The van der Waals surface area contributed by atoms with Crippen LogP contribution in [0.4, 0.5) is 0 Å². The smallest absolute Gasteiger partial charge is 0.159 e. The fourth-order valence-electron chi connectivity index (χ4n) is 1.91. The minimum absolute atomic E-state index is 0.357. The van der Waals surface area contributed by atoms with Gasteiger partial charge in [0.05, 0.1) is 6.20 Å². The molecule has 0 radical (unpaired) electrons. The van der Waals surface area contributed by atoms with E-state index in [9.17, 15) is 0 Å². The lowest BCUT2D eigenvalue weighted by atomic mass is 10.1. The minimum atomic E-state index is 0.357. The van der Waals surface area contributed by atoms with E-state index in [0.29, 0.717) is 27.4 Å². The Labute approximate surface area is 124 Å².